The highest BCUT2D eigenvalue weighted by Crippen LogP contribution is 2.38. The number of likely N-dealkylation sites (tertiary alicyclic amines) is 1. The van der Waals surface area contributed by atoms with Gasteiger partial charge in [0.25, 0.3) is 11.8 Å². The van der Waals surface area contributed by atoms with Gasteiger partial charge in [0.15, 0.2) is 0 Å². The summed E-state index contributed by atoms with van der Waals surface area (Å²) in [5, 5.41) is 9.45. The maximum Gasteiger partial charge on any atom is 0.463 e. The Bertz CT molecular complexity index is 1430. The molecule has 1 unspecified atom stereocenters. The van der Waals surface area contributed by atoms with Gasteiger partial charge in [0, 0.05) is 43.5 Å². The summed E-state index contributed by atoms with van der Waals surface area (Å²) in [6.07, 6.45) is -2.56. The van der Waals surface area contributed by atoms with Crippen molar-refractivity contribution in [1.82, 2.24) is 24.9 Å². The average molecular weight is 582 g/mol. The van der Waals surface area contributed by atoms with Crippen molar-refractivity contribution in [2.75, 3.05) is 18.4 Å². The lowest BCUT2D eigenvalue weighted by Crippen LogP contribution is -2.54. The molecule has 3 aliphatic rings. The van der Waals surface area contributed by atoms with Crippen LogP contribution in [0, 0.1) is 0 Å². The SMILES string of the molecule is O=C1CCC(N2C(=O)c3cccc(NCc4cnn(C5CCN(C(=O)C(F)(F)C(F)(F)F)CC5)c4)c3C2=O)C(=O)N1. The van der Waals surface area contributed by atoms with Crippen LogP contribution < -0.4 is 10.6 Å². The summed E-state index contributed by atoms with van der Waals surface area (Å²) in [6.45, 7) is -0.428. The Morgan fingerprint density at radius 1 is 1.02 bits per heavy atom. The molecule has 2 N–H and O–H groups in total. The Morgan fingerprint density at radius 3 is 2.39 bits per heavy atom. The summed E-state index contributed by atoms with van der Waals surface area (Å²) < 4.78 is 66.0. The first kappa shape index (κ1) is 28.2. The summed E-state index contributed by atoms with van der Waals surface area (Å²) in [5.74, 6) is -10.2. The van der Waals surface area contributed by atoms with Crippen LogP contribution in [0.25, 0.3) is 0 Å². The fourth-order valence-electron chi connectivity index (χ4n) is 5.18. The third-order valence-corrected chi connectivity index (χ3v) is 7.36. The minimum Gasteiger partial charge on any atom is -0.380 e. The molecular weight excluding hydrogens is 559 g/mol. The van der Waals surface area contributed by atoms with E-state index in [1.807, 2.05) is 0 Å². The number of carbonyl (C=O) groups excluding carboxylic acids is 5. The molecule has 41 heavy (non-hydrogen) atoms. The number of anilines is 1. The summed E-state index contributed by atoms with van der Waals surface area (Å²) in [6, 6.07) is 3.18. The molecule has 1 aromatic heterocycles. The van der Waals surface area contributed by atoms with Crippen LogP contribution in [0.2, 0.25) is 0 Å². The van der Waals surface area contributed by atoms with Gasteiger partial charge in [-0.15, -0.1) is 0 Å². The first-order chi connectivity index (χ1) is 19.3. The summed E-state index contributed by atoms with van der Waals surface area (Å²) in [7, 11) is 0. The van der Waals surface area contributed by atoms with E-state index in [-0.39, 0.29) is 62.5 Å². The Morgan fingerprint density at radius 2 is 1.73 bits per heavy atom. The number of nitrogens with one attached hydrogen (secondary N) is 2. The van der Waals surface area contributed by atoms with Crippen molar-refractivity contribution in [3.63, 3.8) is 0 Å². The second-order valence-electron chi connectivity index (χ2n) is 9.95. The lowest BCUT2D eigenvalue weighted by atomic mass is 10.0. The van der Waals surface area contributed by atoms with Crippen molar-refractivity contribution in [3.8, 4) is 0 Å². The van der Waals surface area contributed by atoms with E-state index in [4.69, 9.17) is 0 Å². The van der Waals surface area contributed by atoms with Gasteiger partial charge in [-0.25, -0.2) is 0 Å². The van der Waals surface area contributed by atoms with Crippen molar-refractivity contribution < 1.29 is 45.9 Å². The first-order valence-corrected chi connectivity index (χ1v) is 12.6. The molecule has 218 valence electrons. The highest BCUT2D eigenvalue weighted by Gasteiger charge is 2.64. The van der Waals surface area contributed by atoms with Gasteiger partial charge in [0.2, 0.25) is 11.8 Å². The van der Waals surface area contributed by atoms with Gasteiger partial charge in [0.05, 0.1) is 23.4 Å². The van der Waals surface area contributed by atoms with E-state index in [1.165, 1.54) is 16.9 Å². The average Bonchev–Trinajstić information content (AvgIpc) is 3.50. The predicted molar refractivity (Wildman–Crippen MR) is 129 cm³/mol. The maximum atomic E-state index is 13.4. The number of piperidine rings is 2. The van der Waals surface area contributed by atoms with E-state index in [2.05, 4.69) is 15.7 Å². The third kappa shape index (κ3) is 5.02. The van der Waals surface area contributed by atoms with Crippen LogP contribution in [0.5, 0.6) is 0 Å². The highest BCUT2D eigenvalue weighted by molar-refractivity contribution is 6.25. The Hall–Kier alpha value is -4.37. The van der Waals surface area contributed by atoms with Crippen LogP contribution in [0.1, 0.15) is 58.0 Å². The number of imide groups is 2. The van der Waals surface area contributed by atoms with E-state index >= 15 is 0 Å². The Kier molecular flexibility index (Phi) is 7.03. The van der Waals surface area contributed by atoms with Crippen molar-refractivity contribution in [3.05, 3.63) is 47.3 Å². The molecule has 4 heterocycles. The van der Waals surface area contributed by atoms with Crippen molar-refractivity contribution >= 4 is 35.2 Å². The van der Waals surface area contributed by atoms with Gasteiger partial charge in [0.1, 0.15) is 6.04 Å². The molecule has 5 amide bonds. The number of hydrogen-bond donors (Lipinski definition) is 2. The zero-order valence-electron chi connectivity index (χ0n) is 21.2. The number of nitrogens with zero attached hydrogens (tertiary/aromatic N) is 4. The van der Waals surface area contributed by atoms with E-state index in [0.717, 1.165) is 4.90 Å². The molecule has 11 nitrogen and oxygen atoms in total. The molecule has 0 aliphatic carbocycles. The predicted octanol–water partition coefficient (Wildman–Crippen LogP) is 2.26. The third-order valence-electron chi connectivity index (χ3n) is 7.36. The minimum atomic E-state index is -5.97. The van der Waals surface area contributed by atoms with Crippen molar-refractivity contribution in [1.29, 1.82) is 0 Å². The number of carbonyl (C=O) groups is 5. The number of benzene rings is 1. The fraction of sp³-hybridized carbons (Fsp3) is 0.440. The van der Waals surface area contributed by atoms with Gasteiger partial charge in [-0.1, -0.05) is 6.07 Å². The largest absolute Gasteiger partial charge is 0.463 e. The summed E-state index contributed by atoms with van der Waals surface area (Å²) in [5.41, 5.74) is 1.17. The lowest BCUT2D eigenvalue weighted by Gasteiger charge is -2.34. The molecule has 2 aromatic rings. The molecule has 0 bridgehead atoms. The van der Waals surface area contributed by atoms with Crippen LogP contribution in [0.3, 0.4) is 0 Å². The number of aromatic nitrogens is 2. The van der Waals surface area contributed by atoms with Crippen LogP contribution in [0.4, 0.5) is 27.6 Å². The standard InChI is InChI=1S/C25H23F5N6O5/c26-24(27,25(28,29)30)23(41)34-8-6-14(7-9-34)35-12-13(11-32-35)10-31-16-3-1-2-15-19(16)22(40)36(21(15)39)17-4-5-18(37)33-20(17)38/h1-3,11-12,14,17,31H,4-10H2,(H,33,37,38). The summed E-state index contributed by atoms with van der Waals surface area (Å²) >= 11 is 0. The zero-order chi connectivity index (χ0) is 29.7. The van der Waals surface area contributed by atoms with Gasteiger partial charge in [-0.2, -0.15) is 27.1 Å². The minimum absolute atomic E-state index is 0.00568. The van der Waals surface area contributed by atoms with Gasteiger partial charge in [-0.3, -0.25) is 38.9 Å². The molecule has 2 saturated heterocycles. The molecule has 1 aromatic carbocycles. The second kappa shape index (κ2) is 10.2. The molecule has 16 heteroatoms. The van der Waals surface area contributed by atoms with Crippen LogP contribution in [-0.2, 0) is 20.9 Å². The van der Waals surface area contributed by atoms with Gasteiger partial charge in [-0.05, 0) is 31.4 Å². The van der Waals surface area contributed by atoms with E-state index < -0.39 is 47.7 Å². The van der Waals surface area contributed by atoms with E-state index in [1.54, 1.807) is 18.3 Å². The molecule has 1 atom stereocenters. The van der Waals surface area contributed by atoms with Crippen molar-refractivity contribution in [2.24, 2.45) is 0 Å². The monoisotopic (exact) mass is 582 g/mol. The highest BCUT2D eigenvalue weighted by atomic mass is 19.4. The number of fused-ring (bicyclic) bond motifs is 1. The van der Waals surface area contributed by atoms with Gasteiger partial charge < -0.3 is 10.2 Å². The molecular formula is C25H23F5N6O5. The lowest BCUT2D eigenvalue weighted by molar-refractivity contribution is -0.274. The molecule has 5 rings (SSSR count). The van der Waals surface area contributed by atoms with Crippen LogP contribution in [-0.4, -0.2) is 80.3 Å². The van der Waals surface area contributed by atoms with Gasteiger partial charge >= 0.3 is 18.0 Å². The molecule has 2 fully saturated rings. The maximum absolute atomic E-state index is 13.4. The van der Waals surface area contributed by atoms with Crippen LogP contribution in [0.15, 0.2) is 30.6 Å². The zero-order valence-corrected chi connectivity index (χ0v) is 21.2. The Balaban J connectivity index is 1.22. The first-order valence-electron chi connectivity index (χ1n) is 12.6. The number of amides is 5. The molecule has 0 spiro atoms. The van der Waals surface area contributed by atoms with Crippen molar-refractivity contribution in [2.45, 2.75) is 56.4 Å². The Labute approximate surface area is 228 Å². The summed E-state index contributed by atoms with van der Waals surface area (Å²) in [4.78, 5) is 63.1. The fourth-order valence-corrected chi connectivity index (χ4v) is 5.18. The topological polar surface area (TPSA) is 134 Å². The quantitative estimate of drug-likeness (QED) is 0.394. The van der Waals surface area contributed by atoms with E-state index in [0.29, 0.717) is 16.2 Å². The number of halogens is 5. The molecule has 3 aliphatic heterocycles. The molecule has 0 radical (unpaired) electrons. The molecule has 0 saturated carbocycles. The normalized spacial score (nSPS) is 20.4. The number of rotatable bonds is 6. The van der Waals surface area contributed by atoms with E-state index in [9.17, 15) is 45.9 Å². The number of alkyl halides is 5. The van der Waals surface area contributed by atoms with Crippen LogP contribution >= 0.6 is 0 Å². The smallest absolute Gasteiger partial charge is 0.380 e. The second-order valence-corrected chi connectivity index (χ2v) is 9.95. The number of hydrogen-bond acceptors (Lipinski definition) is 7.